The molecule has 138 valence electrons. The lowest BCUT2D eigenvalue weighted by Crippen LogP contribution is -2.11. The molecule has 1 heterocycles. The van der Waals surface area contributed by atoms with Crippen LogP contribution in [-0.2, 0) is 6.54 Å². The van der Waals surface area contributed by atoms with Crippen LogP contribution in [-0.4, -0.2) is 20.6 Å². The molecule has 0 aliphatic heterocycles. The first-order chi connectivity index (χ1) is 13.6. The van der Waals surface area contributed by atoms with Crippen molar-refractivity contribution in [3.8, 4) is 0 Å². The summed E-state index contributed by atoms with van der Waals surface area (Å²) >= 11 is 0. The summed E-state index contributed by atoms with van der Waals surface area (Å²) in [5, 5.41) is 20.1. The fraction of sp³-hybridized carbons (Fsp3) is 0.0476. The first-order valence-electron chi connectivity index (χ1n) is 8.65. The minimum absolute atomic E-state index is 0.0561. The summed E-state index contributed by atoms with van der Waals surface area (Å²) < 4.78 is 1.76. The first-order valence-corrected chi connectivity index (χ1v) is 8.65. The fourth-order valence-electron chi connectivity index (χ4n) is 3.06. The zero-order valence-electron chi connectivity index (χ0n) is 14.8. The summed E-state index contributed by atoms with van der Waals surface area (Å²) in [5.74, 6) is -0.348. The molecule has 0 bridgehead atoms. The molecule has 1 aromatic heterocycles. The second kappa shape index (κ2) is 7.32. The van der Waals surface area contributed by atoms with E-state index in [1.165, 1.54) is 29.7 Å². The molecule has 7 nitrogen and oxygen atoms in total. The Balaban J connectivity index is 1.48. The van der Waals surface area contributed by atoms with Gasteiger partial charge in [-0.1, -0.05) is 42.5 Å². The van der Waals surface area contributed by atoms with Gasteiger partial charge in [0.15, 0.2) is 0 Å². The number of amides is 1. The highest BCUT2D eigenvalue weighted by Crippen LogP contribution is 2.20. The Morgan fingerprint density at radius 2 is 1.79 bits per heavy atom. The minimum atomic E-state index is -0.501. The van der Waals surface area contributed by atoms with Crippen molar-refractivity contribution in [2.75, 3.05) is 5.32 Å². The highest BCUT2D eigenvalue weighted by atomic mass is 16.6. The number of nitro benzene ring substituents is 1. The van der Waals surface area contributed by atoms with Crippen molar-refractivity contribution in [2.24, 2.45) is 0 Å². The lowest BCUT2D eigenvalue weighted by atomic mass is 10.0. The number of hydrogen-bond donors (Lipinski definition) is 1. The van der Waals surface area contributed by atoms with E-state index in [1.807, 2.05) is 18.2 Å². The Kier molecular flexibility index (Phi) is 4.55. The number of nitrogens with zero attached hydrogens (tertiary/aromatic N) is 3. The van der Waals surface area contributed by atoms with E-state index in [0.29, 0.717) is 17.8 Å². The van der Waals surface area contributed by atoms with Gasteiger partial charge in [0, 0.05) is 23.9 Å². The molecule has 0 aliphatic rings. The van der Waals surface area contributed by atoms with Crippen molar-refractivity contribution >= 4 is 28.1 Å². The van der Waals surface area contributed by atoms with Crippen LogP contribution in [0.15, 0.2) is 79.1 Å². The summed E-state index contributed by atoms with van der Waals surface area (Å²) in [7, 11) is 0. The molecule has 0 radical (unpaired) electrons. The third-order valence-corrected chi connectivity index (χ3v) is 4.44. The van der Waals surface area contributed by atoms with Crippen molar-refractivity contribution in [3.63, 3.8) is 0 Å². The molecule has 0 aliphatic carbocycles. The highest BCUT2D eigenvalue weighted by Gasteiger charge is 2.11. The normalized spacial score (nSPS) is 10.7. The van der Waals surface area contributed by atoms with Gasteiger partial charge < -0.3 is 5.32 Å². The van der Waals surface area contributed by atoms with E-state index in [0.717, 1.165) is 10.9 Å². The number of hydrogen-bond acceptors (Lipinski definition) is 4. The van der Waals surface area contributed by atoms with Gasteiger partial charge in [0.05, 0.1) is 23.4 Å². The van der Waals surface area contributed by atoms with Gasteiger partial charge in [-0.2, -0.15) is 5.10 Å². The Morgan fingerprint density at radius 1 is 1.04 bits per heavy atom. The van der Waals surface area contributed by atoms with Crippen LogP contribution in [0, 0.1) is 10.1 Å². The number of fused-ring (bicyclic) bond motifs is 1. The average molecular weight is 372 g/mol. The molecule has 28 heavy (non-hydrogen) atoms. The quantitative estimate of drug-likeness (QED) is 0.419. The van der Waals surface area contributed by atoms with E-state index in [9.17, 15) is 14.9 Å². The van der Waals surface area contributed by atoms with Crippen LogP contribution < -0.4 is 5.32 Å². The summed E-state index contributed by atoms with van der Waals surface area (Å²) in [6, 6.07) is 19.7. The number of anilines is 1. The Labute approximate surface area is 160 Å². The molecular weight excluding hydrogens is 356 g/mol. The van der Waals surface area contributed by atoms with Gasteiger partial charge in [-0.15, -0.1) is 0 Å². The van der Waals surface area contributed by atoms with Crippen molar-refractivity contribution in [1.82, 2.24) is 9.78 Å². The van der Waals surface area contributed by atoms with Crippen molar-refractivity contribution in [3.05, 3.63) is 100 Å². The van der Waals surface area contributed by atoms with E-state index in [-0.39, 0.29) is 11.6 Å². The summed E-state index contributed by atoms with van der Waals surface area (Å²) in [6.07, 6.45) is 3.33. The van der Waals surface area contributed by atoms with Crippen LogP contribution in [0.5, 0.6) is 0 Å². The number of nitrogens with one attached hydrogen (secondary N) is 1. The van der Waals surface area contributed by atoms with Crippen LogP contribution >= 0.6 is 0 Å². The predicted octanol–water partition coefficient (Wildman–Crippen LogP) is 4.25. The van der Waals surface area contributed by atoms with Gasteiger partial charge in [0.1, 0.15) is 0 Å². The number of benzene rings is 3. The third-order valence-electron chi connectivity index (χ3n) is 4.44. The zero-order chi connectivity index (χ0) is 19.5. The molecule has 0 spiro atoms. The minimum Gasteiger partial charge on any atom is -0.319 e. The maximum Gasteiger partial charge on any atom is 0.269 e. The summed E-state index contributed by atoms with van der Waals surface area (Å²) in [4.78, 5) is 22.5. The van der Waals surface area contributed by atoms with Crippen LogP contribution in [0.2, 0.25) is 0 Å². The van der Waals surface area contributed by atoms with Crippen molar-refractivity contribution in [1.29, 1.82) is 0 Å². The topological polar surface area (TPSA) is 90.1 Å². The maximum absolute atomic E-state index is 12.3. The van der Waals surface area contributed by atoms with Crippen LogP contribution in [0.3, 0.4) is 0 Å². The van der Waals surface area contributed by atoms with E-state index < -0.39 is 4.92 Å². The lowest BCUT2D eigenvalue weighted by molar-refractivity contribution is -0.384. The lowest BCUT2D eigenvalue weighted by Gasteiger charge is -2.06. The van der Waals surface area contributed by atoms with Crippen LogP contribution in [0.1, 0.15) is 15.9 Å². The van der Waals surface area contributed by atoms with Crippen LogP contribution in [0.25, 0.3) is 10.8 Å². The standard InChI is InChI=1S/C21H16N4O3/c26-21(16-8-10-19(11-9-16)25(27)28)23-18-12-22-24(14-18)13-17-6-3-5-15-4-1-2-7-20(15)17/h1-12,14H,13H2,(H,23,26). The maximum atomic E-state index is 12.3. The summed E-state index contributed by atoms with van der Waals surface area (Å²) in [5.41, 5.74) is 1.98. The molecule has 0 saturated heterocycles. The van der Waals surface area contributed by atoms with Gasteiger partial charge in [-0.3, -0.25) is 19.6 Å². The molecule has 1 amide bonds. The van der Waals surface area contributed by atoms with E-state index in [4.69, 9.17) is 0 Å². The van der Waals surface area contributed by atoms with Gasteiger partial charge in [0.2, 0.25) is 0 Å². The van der Waals surface area contributed by atoms with Crippen LogP contribution in [0.4, 0.5) is 11.4 Å². The molecule has 3 aromatic carbocycles. The van der Waals surface area contributed by atoms with E-state index >= 15 is 0 Å². The molecule has 1 N–H and O–H groups in total. The highest BCUT2D eigenvalue weighted by molar-refractivity contribution is 6.04. The van der Waals surface area contributed by atoms with Gasteiger partial charge in [-0.25, -0.2) is 0 Å². The van der Waals surface area contributed by atoms with E-state index in [1.54, 1.807) is 17.1 Å². The molecule has 0 unspecified atom stereocenters. The Morgan fingerprint density at radius 3 is 2.57 bits per heavy atom. The van der Waals surface area contributed by atoms with Gasteiger partial charge in [-0.05, 0) is 28.5 Å². The number of non-ortho nitro benzene ring substituents is 1. The molecule has 0 saturated carbocycles. The number of carbonyl (C=O) groups excluding carboxylic acids is 1. The number of rotatable bonds is 5. The average Bonchev–Trinajstić information content (AvgIpc) is 3.15. The molecule has 4 aromatic rings. The largest absolute Gasteiger partial charge is 0.319 e. The molecule has 0 atom stereocenters. The number of carbonyl (C=O) groups is 1. The third kappa shape index (κ3) is 3.59. The smallest absolute Gasteiger partial charge is 0.269 e. The molecule has 7 heteroatoms. The van der Waals surface area contributed by atoms with Crippen molar-refractivity contribution in [2.45, 2.75) is 6.54 Å². The number of nitro groups is 1. The Bertz CT molecular complexity index is 1160. The first kappa shape index (κ1) is 17.4. The second-order valence-electron chi connectivity index (χ2n) is 6.32. The Hall–Kier alpha value is -4.00. The van der Waals surface area contributed by atoms with E-state index in [2.05, 4.69) is 34.7 Å². The SMILES string of the molecule is O=C(Nc1cnn(Cc2cccc3ccccc23)c1)c1ccc([N+](=O)[O-])cc1. The molecular formula is C21H16N4O3. The second-order valence-corrected chi connectivity index (χ2v) is 6.32. The predicted molar refractivity (Wildman–Crippen MR) is 106 cm³/mol. The summed E-state index contributed by atoms with van der Waals surface area (Å²) in [6.45, 7) is 0.578. The number of aromatic nitrogens is 2. The fourth-order valence-corrected chi connectivity index (χ4v) is 3.06. The molecule has 0 fully saturated rings. The van der Waals surface area contributed by atoms with Gasteiger partial charge >= 0.3 is 0 Å². The van der Waals surface area contributed by atoms with Gasteiger partial charge in [0.25, 0.3) is 11.6 Å². The zero-order valence-corrected chi connectivity index (χ0v) is 14.8. The van der Waals surface area contributed by atoms with Crippen molar-refractivity contribution < 1.29 is 9.72 Å². The molecule has 4 rings (SSSR count). The monoisotopic (exact) mass is 372 g/mol.